The van der Waals surface area contributed by atoms with E-state index in [0.717, 1.165) is 35.7 Å². The number of nitrogens with one attached hydrogen (secondary N) is 1. The molecular weight excluding hydrogens is 367 g/mol. The molecule has 0 atom stereocenters. The number of hydrogen-bond donors (Lipinski definition) is 2. The number of phenols is 1. The smallest absolute Gasteiger partial charge is 0.416 e. The number of aromatic hydroxyl groups is 1. The molecule has 1 heterocycles. The molecule has 0 bridgehead atoms. The highest BCUT2D eigenvalue weighted by molar-refractivity contribution is 6.00. The van der Waals surface area contributed by atoms with Gasteiger partial charge in [0.25, 0.3) is 0 Å². The summed E-state index contributed by atoms with van der Waals surface area (Å²) in [6.45, 7) is 0. The molecule has 0 spiro atoms. The summed E-state index contributed by atoms with van der Waals surface area (Å²) < 4.78 is 38.6. The molecule has 7 heteroatoms. The number of alkyl halides is 3. The van der Waals surface area contributed by atoms with Gasteiger partial charge in [0.05, 0.1) is 5.56 Å². The molecule has 4 nitrogen and oxygen atoms in total. The van der Waals surface area contributed by atoms with E-state index >= 15 is 0 Å². The number of hydrogen-bond acceptors (Lipinski definition) is 4. The Hall–Kier alpha value is -2.83. The monoisotopic (exact) mass is 387 g/mol. The average Bonchev–Trinajstić information content (AvgIpc) is 2.69. The van der Waals surface area contributed by atoms with Gasteiger partial charge in [-0.1, -0.05) is 43.5 Å². The third-order valence-corrected chi connectivity index (χ3v) is 5.21. The minimum absolute atomic E-state index is 0.223. The Labute approximate surface area is 160 Å². The molecule has 146 valence electrons. The summed E-state index contributed by atoms with van der Waals surface area (Å²) in [5.74, 6) is 0.194. The van der Waals surface area contributed by atoms with E-state index in [2.05, 4.69) is 15.5 Å². The first-order valence-electron chi connectivity index (χ1n) is 9.36. The number of phenolic OH excluding ortho intramolecular Hbond substituents is 1. The molecule has 1 aliphatic carbocycles. The van der Waals surface area contributed by atoms with Gasteiger partial charge in [-0.3, -0.25) is 0 Å². The summed E-state index contributed by atoms with van der Waals surface area (Å²) in [6.07, 6.45) is 1.25. The molecule has 4 rings (SSSR count). The van der Waals surface area contributed by atoms with Crippen molar-refractivity contribution in [1.29, 1.82) is 0 Å². The van der Waals surface area contributed by atoms with Crippen LogP contribution in [0.15, 0.2) is 42.5 Å². The van der Waals surface area contributed by atoms with Gasteiger partial charge in [0.15, 0.2) is 5.82 Å². The van der Waals surface area contributed by atoms with E-state index in [0.29, 0.717) is 17.6 Å². The zero-order valence-corrected chi connectivity index (χ0v) is 15.1. The molecule has 0 amide bonds. The summed E-state index contributed by atoms with van der Waals surface area (Å²) in [4.78, 5) is 0. The lowest BCUT2D eigenvalue weighted by Gasteiger charge is -2.24. The standard InChI is InChI=1S/C21H20F3N3O/c22-21(23,24)13-10-11-17(18(28)12-13)19-15-8-4-5-9-16(15)20(27-26-19)25-14-6-2-1-3-7-14/h4-5,8-12,14,28H,1-3,6-7H2,(H,25,27). The molecule has 28 heavy (non-hydrogen) atoms. The molecule has 3 aromatic rings. The van der Waals surface area contributed by atoms with Gasteiger partial charge in [0, 0.05) is 22.4 Å². The molecule has 2 aromatic carbocycles. The van der Waals surface area contributed by atoms with E-state index in [1.807, 2.05) is 24.3 Å². The highest BCUT2D eigenvalue weighted by Crippen LogP contribution is 2.38. The molecule has 0 saturated heterocycles. The molecule has 0 radical (unpaired) electrons. The van der Waals surface area contributed by atoms with Gasteiger partial charge < -0.3 is 10.4 Å². The third kappa shape index (κ3) is 3.61. The molecule has 1 aromatic heterocycles. The van der Waals surface area contributed by atoms with Crippen molar-refractivity contribution in [3.63, 3.8) is 0 Å². The first kappa shape index (κ1) is 18.5. The van der Waals surface area contributed by atoms with Crippen LogP contribution in [0.25, 0.3) is 22.0 Å². The fraction of sp³-hybridized carbons (Fsp3) is 0.333. The molecule has 1 aliphatic rings. The predicted molar refractivity (Wildman–Crippen MR) is 102 cm³/mol. The summed E-state index contributed by atoms with van der Waals surface area (Å²) in [5, 5.41) is 23.8. The van der Waals surface area contributed by atoms with Crippen LogP contribution < -0.4 is 5.32 Å². The third-order valence-electron chi connectivity index (χ3n) is 5.21. The van der Waals surface area contributed by atoms with Crippen LogP contribution in [0.4, 0.5) is 19.0 Å². The molecular formula is C21H20F3N3O. The Kier molecular flexibility index (Phi) is 4.83. The Bertz CT molecular complexity index is 998. The maximum absolute atomic E-state index is 12.9. The van der Waals surface area contributed by atoms with Crippen molar-refractivity contribution < 1.29 is 18.3 Å². The lowest BCUT2D eigenvalue weighted by molar-refractivity contribution is -0.137. The summed E-state index contributed by atoms with van der Waals surface area (Å²) in [6, 6.07) is 10.7. The van der Waals surface area contributed by atoms with Crippen molar-refractivity contribution in [1.82, 2.24) is 10.2 Å². The van der Waals surface area contributed by atoms with Crippen molar-refractivity contribution in [2.24, 2.45) is 0 Å². The Morgan fingerprint density at radius 3 is 2.32 bits per heavy atom. The first-order valence-corrected chi connectivity index (χ1v) is 9.36. The second-order valence-corrected chi connectivity index (χ2v) is 7.15. The predicted octanol–water partition coefficient (Wildman–Crippen LogP) is 5.77. The number of aromatic nitrogens is 2. The van der Waals surface area contributed by atoms with Crippen molar-refractivity contribution in [3.8, 4) is 17.0 Å². The quantitative estimate of drug-likeness (QED) is 0.599. The van der Waals surface area contributed by atoms with Gasteiger partial charge >= 0.3 is 6.18 Å². The maximum Gasteiger partial charge on any atom is 0.416 e. The zero-order chi connectivity index (χ0) is 19.7. The number of anilines is 1. The van der Waals surface area contributed by atoms with Crippen LogP contribution in [0.1, 0.15) is 37.7 Å². The van der Waals surface area contributed by atoms with Crippen molar-refractivity contribution >= 4 is 16.6 Å². The normalized spacial score (nSPS) is 15.7. The maximum atomic E-state index is 12.9. The fourth-order valence-corrected chi connectivity index (χ4v) is 3.76. The van der Waals surface area contributed by atoms with Crippen LogP contribution in [-0.2, 0) is 6.18 Å². The molecule has 0 aliphatic heterocycles. The topological polar surface area (TPSA) is 58.0 Å². The van der Waals surface area contributed by atoms with E-state index < -0.39 is 17.5 Å². The second-order valence-electron chi connectivity index (χ2n) is 7.15. The van der Waals surface area contributed by atoms with Crippen molar-refractivity contribution in [2.75, 3.05) is 5.32 Å². The van der Waals surface area contributed by atoms with Crippen molar-refractivity contribution in [2.45, 2.75) is 44.3 Å². The Morgan fingerprint density at radius 1 is 0.929 bits per heavy atom. The van der Waals surface area contributed by atoms with Gasteiger partial charge in [-0.2, -0.15) is 13.2 Å². The van der Waals surface area contributed by atoms with Gasteiger partial charge in [0.2, 0.25) is 0 Å². The van der Waals surface area contributed by atoms with Gasteiger partial charge in [-0.15, -0.1) is 10.2 Å². The van der Waals surface area contributed by atoms with Crippen LogP contribution in [0.3, 0.4) is 0 Å². The second kappa shape index (κ2) is 7.30. The van der Waals surface area contributed by atoms with Gasteiger partial charge in [-0.05, 0) is 31.0 Å². The van der Waals surface area contributed by atoms with E-state index in [1.165, 1.54) is 25.3 Å². The average molecular weight is 387 g/mol. The molecule has 2 N–H and O–H groups in total. The fourth-order valence-electron chi connectivity index (χ4n) is 3.76. The lowest BCUT2D eigenvalue weighted by Crippen LogP contribution is -2.23. The minimum Gasteiger partial charge on any atom is -0.507 e. The number of halogens is 3. The number of rotatable bonds is 3. The Morgan fingerprint density at radius 2 is 1.64 bits per heavy atom. The molecule has 1 saturated carbocycles. The van der Waals surface area contributed by atoms with E-state index in [9.17, 15) is 18.3 Å². The lowest BCUT2D eigenvalue weighted by atomic mass is 9.95. The number of nitrogens with zero attached hydrogens (tertiary/aromatic N) is 2. The van der Waals surface area contributed by atoms with E-state index in [4.69, 9.17) is 0 Å². The summed E-state index contributed by atoms with van der Waals surface area (Å²) >= 11 is 0. The minimum atomic E-state index is -4.52. The van der Waals surface area contributed by atoms with Crippen LogP contribution in [0.5, 0.6) is 5.75 Å². The SMILES string of the molecule is Oc1cc(C(F)(F)F)ccc1-c1nnc(NC2CCCCC2)c2ccccc12. The van der Waals surface area contributed by atoms with Crippen LogP contribution in [0, 0.1) is 0 Å². The number of fused-ring (bicyclic) bond motifs is 1. The van der Waals surface area contributed by atoms with Crippen LogP contribution >= 0.6 is 0 Å². The summed E-state index contributed by atoms with van der Waals surface area (Å²) in [5.41, 5.74) is -0.321. The summed E-state index contributed by atoms with van der Waals surface area (Å²) in [7, 11) is 0. The zero-order valence-electron chi connectivity index (χ0n) is 15.1. The number of benzene rings is 2. The van der Waals surface area contributed by atoms with E-state index in [-0.39, 0.29) is 5.56 Å². The van der Waals surface area contributed by atoms with Crippen molar-refractivity contribution in [3.05, 3.63) is 48.0 Å². The van der Waals surface area contributed by atoms with Gasteiger partial charge in [0.1, 0.15) is 11.4 Å². The largest absolute Gasteiger partial charge is 0.507 e. The van der Waals surface area contributed by atoms with Gasteiger partial charge in [-0.25, -0.2) is 0 Å². The van der Waals surface area contributed by atoms with Crippen LogP contribution in [-0.4, -0.2) is 21.3 Å². The Balaban J connectivity index is 1.76. The molecule has 0 unspecified atom stereocenters. The van der Waals surface area contributed by atoms with E-state index in [1.54, 1.807) is 0 Å². The van der Waals surface area contributed by atoms with Crippen LogP contribution in [0.2, 0.25) is 0 Å². The highest BCUT2D eigenvalue weighted by atomic mass is 19.4. The molecule has 1 fully saturated rings. The first-order chi connectivity index (χ1) is 13.4. The highest BCUT2D eigenvalue weighted by Gasteiger charge is 2.31.